The Bertz CT molecular complexity index is 202. The van der Waals surface area contributed by atoms with Gasteiger partial charge in [-0.05, 0) is 55.4 Å². The minimum atomic E-state index is 0.779. The second-order valence-corrected chi connectivity index (χ2v) is 7.02. The van der Waals surface area contributed by atoms with Crippen molar-refractivity contribution >= 4 is 0 Å². The molecule has 0 bridgehead atoms. The second-order valence-electron chi connectivity index (χ2n) is 7.02. The number of hydrogen-bond donors (Lipinski definition) is 1. The summed E-state index contributed by atoms with van der Waals surface area (Å²) in [6.07, 6.45) is 4.17. The third-order valence-electron chi connectivity index (χ3n) is 4.95. The van der Waals surface area contributed by atoms with E-state index in [0.29, 0.717) is 0 Å². The minimum Gasteiger partial charge on any atom is -0.314 e. The van der Waals surface area contributed by atoms with E-state index in [4.69, 9.17) is 0 Å². The van der Waals surface area contributed by atoms with Crippen molar-refractivity contribution in [3.8, 4) is 0 Å². The zero-order valence-electron chi connectivity index (χ0n) is 12.8. The third kappa shape index (κ3) is 4.62. The summed E-state index contributed by atoms with van der Waals surface area (Å²) < 4.78 is 0. The molecule has 0 aromatic heterocycles. The summed E-state index contributed by atoms with van der Waals surface area (Å²) >= 11 is 0. The summed E-state index contributed by atoms with van der Waals surface area (Å²) in [4.78, 5) is 0. The molecule has 0 amide bonds. The Balaban J connectivity index is 2.34. The van der Waals surface area contributed by atoms with E-state index in [0.717, 1.165) is 35.6 Å². The monoisotopic (exact) mass is 239 g/mol. The molecule has 1 aliphatic carbocycles. The van der Waals surface area contributed by atoms with Crippen LogP contribution in [0.2, 0.25) is 0 Å². The topological polar surface area (TPSA) is 12.0 Å². The lowest BCUT2D eigenvalue weighted by Crippen LogP contribution is -2.40. The van der Waals surface area contributed by atoms with Gasteiger partial charge in [-0.25, -0.2) is 0 Å². The highest BCUT2D eigenvalue weighted by Crippen LogP contribution is 2.29. The van der Waals surface area contributed by atoms with Crippen molar-refractivity contribution < 1.29 is 0 Å². The van der Waals surface area contributed by atoms with E-state index in [1.165, 1.54) is 25.8 Å². The zero-order chi connectivity index (χ0) is 13.0. The molecular weight excluding hydrogens is 206 g/mol. The van der Waals surface area contributed by atoms with Crippen LogP contribution in [0.1, 0.15) is 60.8 Å². The van der Waals surface area contributed by atoms with Crippen LogP contribution in [-0.2, 0) is 0 Å². The highest BCUT2D eigenvalue weighted by Gasteiger charge is 2.25. The molecule has 1 heteroatoms. The van der Waals surface area contributed by atoms with Gasteiger partial charge < -0.3 is 5.32 Å². The van der Waals surface area contributed by atoms with Gasteiger partial charge in [0.1, 0.15) is 0 Å². The van der Waals surface area contributed by atoms with Crippen LogP contribution in [0.3, 0.4) is 0 Å². The highest BCUT2D eigenvalue weighted by atomic mass is 14.9. The third-order valence-corrected chi connectivity index (χ3v) is 4.95. The number of rotatable bonds is 5. The summed E-state index contributed by atoms with van der Waals surface area (Å²) in [6.45, 7) is 15.5. The average Bonchev–Trinajstić information content (AvgIpc) is 2.22. The Morgan fingerprint density at radius 2 is 1.53 bits per heavy atom. The Hall–Kier alpha value is -0.0400. The Labute approximate surface area is 109 Å². The van der Waals surface area contributed by atoms with Gasteiger partial charge in [0, 0.05) is 6.04 Å². The minimum absolute atomic E-state index is 0.779. The number of hydrogen-bond acceptors (Lipinski definition) is 1. The predicted molar refractivity (Wildman–Crippen MR) is 77.1 cm³/mol. The zero-order valence-corrected chi connectivity index (χ0v) is 12.8. The van der Waals surface area contributed by atoms with Crippen LogP contribution in [0.4, 0.5) is 0 Å². The molecule has 3 atom stereocenters. The highest BCUT2D eigenvalue weighted by molar-refractivity contribution is 4.81. The first-order valence-electron chi connectivity index (χ1n) is 7.65. The summed E-state index contributed by atoms with van der Waals surface area (Å²) in [7, 11) is 0. The maximum Gasteiger partial charge on any atom is 0.00699 e. The molecule has 1 saturated carbocycles. The van der Waals surface area contributed by atoms with Crippen molar-refractivity contribution in [1.29, 1.82) is 0 Å². The maximum absolute atomic E-state index is 3.84. The van der Waals surface area contributed by atoms with Crippen LogP contribution in [0.25, 0.3) is 0 Å². The van der Waals surface area contributed by atoms with Gasteiger partial charge in [0.05, 0.1) is 0 Å². The van der Waals surface area contributed by atoms with Gasteiger partial charge in [-0.1, -0.05) is 41.5 Å². The van der Waals surface area contributed by atoms with Gasteiger partial charge in [0.25, 0.3) is 0 Å². The fourth-order valence-corrected chi connectivity index (χ4v) is 3.28. The Kier molecular flexibility index (Phi) is 5.99. The van der Waals surface area contributed by atoms with Gasteiger partial charge in [0.2, 0.25) is 0 Å². The van der Waals surface area contributed by atoms with Crippen molar-refractivity contribution in [3.63, 3.8) is 0 Å². The van der Waals surface area contributed by atoms with E-state index in [9.17, 15) is 0 Å². The molecule has 0 aliphatic heterocycles. The van der Waals surface area contributed by atoms with E-state index in [1.807, 2.05) is 0 Å². The molecule has 0 radical (unpaired) electrons. The average molecular weight is 239 g/mol. The van der Waals surface area contributed by atoms with Crippen LogP contribution in [0.15, 0.2) is 0 Å². The molecule has 0 spiro atoms. The van der Waals surface area contributed by atoms with Crippen LogP contribution >= 0.6 is 0 Å². The molecule has 3 unspecified atom stereocenters. The summed E-state index contributed by atoms with van der Waals surface area (Å²) in [5.74, 6) is 4.24. The smallest absolute Gasteiger partial charge is 0.00699 e. The fourth-order valence-electron chi connectivity index (χ4n) is 3.28. The van der Waals surface area contributed by atoms with E-state index in [2.05, 4.69) is 46.9 Å². The van der Waals surface area contributed by atoms with Gasteiger partial charge in [0.15, 0.2) is 0 Å². The summed E-state index contributed by atoms with van der Waals surface area (Å²) in [5.41, 5.74) is 0. The molecule has 1 nitrogen and oxygen atoms in total. The lowest BCUT2D eigenvalue weighted by atomic mass is 9.78. The van der Waals surface area contributed by atoms with Gasteiger partial charge >= 0.3 is 0 Å². The summed E-state index contributed by atoms with van der Waals surface area (Å²) in [5, 5.41) is 3.84. The molecule has 0 aromatic rings. The van der Waals surface area contributed by atoms with E-state index < -0.39 is 0 Å². The Morgan fingerprint density at radius 3 is 2.00 bits per heavy atom. The van der Waals surface area contributed by atoms with Gasteiger partial charge in [-0.2, -0.15) is 0 Å². The normalized spacial score (nSPS) is 30.5. The summed E-state index contributed by atoms with van der Waals surface area (Å²) in [6, 6.07) is 0.779. The van der Waals surface area contributed by atoms with E-state index in [-0.39, 0.29) is 0 Å². The van der Waals surface area contributed by atoms with E-state index >= 15 is 0 Å². The van der Waals surface area contributed by atoms with Gasteiger partial charge in [-0.3, -0.25) is 0 Å². The molecule has 17 heavy (non-hydrogen) atoms. The SMILES string of the molecule is CC(C)C(CNC1CCC(C)C(C)C1)C(C)C. The molecule has 0 saturated heterocycles. The molecule has 0 heterocycles. The maximum atomic E-state index is 3.84. The van der Waals surface area contributed by atoms with Crippen LogP contribution < -0.4 is 5.32 Å². The molecule has 1 rings (SSSR count). The van der Waals surface area contributed by atoms with Crippen molar-refractivity contribution in [2.24, 2.45) is 29.6 Å². The number of nitrogens with one attached hydrogen (secondary N) is 1. The van der Waals surface area contributed by atoms with Crippen molar-refractivity contribution in [2.75, 3.05) is 6.54 Å². The predicted octanol–water partition coefficient (Wildman–Crippen LogP) is 4.33. The second kappa shape index (κ2) is 6.78. The lowest BCUT2D eigenvalue weighted by Gasteiger charge is -2.34. The first kappa shape index (κ1) is 15.0. The molecule has 1 fully saturated rings. The lowest BCUT2D eigenvalue weighted by molar-refractivity contribution is 0.201. The van der Waals surface area contributed by atoms with Crippen molar-refractivity contribution in [3.05, 3.63) is 0 Å². The van der Waals surface area contributed by atoms with E-state index in [1.54, 1.807) is 0 Å². The standard InChI is InChI=1S/C16H33N/c1-11(2)16(12(3)4)10-17-15-8-7-13(5)14(6)9-15/h11-17H,7-10H2,1-6H3. The first-order chi connectivity index (χ1) is 7.91. The molecular formula is C16H33N. The molecule has 102 valence electrons. The Morgan fingerprint density at radius 1 is 0.941 bits per heavy atom. The molecule has 1 N–H and O–H groups in total. The van der Waals surface area contributed by atoms with Crippen molar-refractivity contribution in [2.45, 2.75) is 66.8 Å². The van der Waals surface area contributed by atoms with Crippen LogP contribution in [0, 0.1) is 29.6 Å². The van der Waals surface area contributed by atoms with Crippen molar-refractivity contribution in [1.82, 2.24) is 5.32 Å². The van der Waals surface area contributed by atoms with Crippen LogP contribution in [-0.4, -0.2) is 12.6 Å². The largest absolute Gasteiger partial charge is 0.314 e. The first-order valence-corrected chi connectivity index (χ1v) is 7.65. The molecule has 0 aromatic carbocycles. The molecule has 1 aliphatic rings. The quantitative estimate of drug-likeness (QED) is 0.753. The van der Waals surface area contributed by atoms with Crippen LogP contribution in [0.5, 0.6) is 0 Å². The van der Waals surface area contributed by atoms with Gasteiger partial charge in [-0.15, -0.1) is 0 Å². The fraction of sp³-hybridized carbons (Fsp3) is 1.00.